The summed E-state index contributed by atoms with van der Waals surface area (Å²) >= 11 is 1.49. The molecule has 0 spiro atoms. The molecule has 1 aromatic heterocycles. The van der Waals surface area contributed by atoms with E-state index in [0.29, 0.717) is 18.3 Å². The summed E-state index contributed by atoms with van der Waals surface area (Å²) in [4.78, 5) is 6.66. The number of likely N-dealkylation sites (N-methyl/N-ethyl adjacent to an activating group) is 1. The molecule has 6 heteroatoms. The molecular weight excluding hydrogens is 308 g/mol. The fourth-order valence-corrected chi connectivity index (χ4v) is 4.08. The van der Waals surface area contributed by atoms with E-state index in [1.165, 1.54) is 11.3 Å². The number of hydrogen-bond acceptors (Lipinski definition) is 5. The van der Waals surface area contributed by atoms with Crippen molar-refractivity contribution in [3.63, 3.8) is 0 Å². The fourth-order valence-electron chi connectivity index (χ4n) is 3.03. The normalized spacial score (nSPS) is 25.0. The van der Waals surface area contributed by atoms with Crippen LogP contribution in [0, 0.1) is 5.21 Å². The van der Waals surface area contributed by atoms with Crippen molar-refractivity contribution in [2.75, 3.05) is 25.6 Å². The van der Waals surface area contributed by atoms with E-state index in [1.807, 2.05) is 61.6 Å². The molecule has 2 heterocycles. The summed E-state index contributed by atoms with van der Waals surface area (Å²) < 4.78 is 0.606. The Kier molecular flexibility index (Phi) is 3.54. The van der Waals surface area contributed by atoms with Crippen LogP contribution in [0.4, 0.5) is 10.8 Å². The Labute approximate surface area is 139 Å². The van der Waals surface area contributed by atoms with Crippen molar-refractivity contribution in [1.82, 2.24) is 14.5 Å². The Bertz CT molecular complexity index is 789. The summed E-state index contributed by atoms with van der Waals surface area (Å²) in [5, 5.41) is 17.6. The van der Waals surface area contributed by atoms with Crippen LogP contribution in [0.1, 0.15) is 0 Å². The lowest BCUT2D eigenvalue weighted by atomic mass is 10.3. The van der Waals surface area contributed by atoms with Gasteiger partial charge in [0.05, 0.1) is 16.8 Å². The number of hydroxylamine groups is 2. The maximum absolute atomic E-state index is 13.6. The fraction of sp³-hybridized carbons (Fsp3) is 0.235. The Hall–Kier alpha value is -1.99. The number of aromatic nitrogens is 1. The molecule has 2 atom stereocenters. The van der Waals surface area contributed by atoms with Gasteiger partial charge in [-0.15, -0.1) is 0 Å². The van der Waals surface area contributed by atoms with Gasteiger partial charge in [0.2, 0.25) is 0 Å². The summed E-state index contributed by atoms with van der Waals surface area (Å²) in [6.45, 7) is 1.10. The van der Waals surface area contributed by atoms with Crippen LogP contribution >= 0.6 is 11.3 Å². The molecule has 118 valence electrons. The van der Waals surface area contributed by atoms with Crippen molar-refractivity contribution >= 4 is 32.4 Å². The first-order valence-electron chi connectivity index (χ1n) is 7.60. The van der Waals surface area contributed by atoms with Gasteiger partial charge in [-0.05, 0) is 31.3 Å². The second kappa shape index (κ2) is 5.58. The van der Waals surface area contributed by atoms with E-state index in [9.17, 15) is 5.21 Å². The molecule has 1 saturated heterocycles. The smallest absolute Gasteiger partial charge is 0.290 e. The quantitative estimate of drug-likeness (QED) is 0.592. The molecule has 4 rings (SSSR count). The highest BCUT2D eigenvalue weighted by Crippen LogP contribution is 2.37. The molecule has 23 heavy (non-hydrogen) atoms. The number of anilines is 1. The number of fused-ring (bicyclic) bond motifs is 1. The number of rotatable bonds is 3. The summed E-state index contributed by atoms with van der Waals surface area (Å²) in [7, 11) is 1.98. The molecule has 5 nitrogen and oxygen atoms in total. The van der Waals surface area contributed by atoms with Gasteiger partial charge in [0, 0.05) is 5.69 Å². The van der Waals surface area contributed by atoms with Gasteiger partial charge < -0.3 is 10.5 Å². The van der Waals surface area contributed by atoms with Crippen LogP contribution < -0.4 is 9.96 Å². The van der Waals surface area contributed by atoms with Gasteiger partial charge in [0.1, 0.15) is 6.67 Å². The van der Waals surface area contributed by atoms with Crippen molar-refractivity contribution in [2.45, 2.75) is 6.17 Å². The Balaban J connectivity index is 1.71. The van der Waals surface area contributed by atoms with Gasteiger partial charge in [-0.2, -0.15) is 4.98 Å². The van der Waals surface area contributed by atoms with Crippen molar-refractivity contribution in [3.8, 4) is 0 Å². The molecule has 0 amide bonds. The molecule has 1 N–H and O–H groups in total. The van der Waals surface area contributed by atoms with Crippen molar-refractivity contribution in [3.05, 3.63) is 59.8 Å². The van der Waals surface area contributed by atoms with E-state index in [-0.39, 0.29) is 6.17 Å². The molecule has 2 aromatic carbocycles. The molecule has 0 bridgehead atoms. The number of nitrogens with zero attached hydrogens (tertiary/aromatic N) is 3. The monoisotopic (exact) mass is 326 g/mol. The zero-order chi connectivity index (χ0) is 15.9. The molecule has 3 aromatic rings. The van der Waals surface area contributed by atoms with E-state index < -0.39 is 4.65 Å². The third kappa shape index (κ3) is 2.60. The van der Waals surface area contributed by atoms with Gasteiger partial charge >= 0.3 is 0 Å². The Morgan fingerprint density at radius 1 is 1.17 bits per heavy atom. The van der Waals surface area contributed by atoms with Crippen molar-refractivity contribution in [2.24, 2.45) is 0 Å². The second-order valence-electron chi connectivity index (χ2n) is 5.97. The highest BCUT2D eigenvalue weighted by Gasteiger charge is 2.42. The van der Waals surface area contributed by atoms with Gasteiger partial charge in [-0.25, -0.2) is 0 Å². The van der Waals surface area contributed by atoms with Gasteiger partial charge in [-0.1, -0.05) is 41.7 Å². The number of thiazole rings is 1. The first kappa shape index (κ1) is 14.6. The number of quaternary nitrogens is 1. The molecule has 1 aliphatic heterocycles. The molecule has 1 aliphatic rings. The molecule has 0 aliphatic carbocycles. The number of hydrogen-bond donors (Lipinski definition) is 1. The zero-order valence-electron chi connectivity index (χ0n) is 12.8. The average molecular weight is 326 g/mol. The topological polar surface area (TPSA) is 51.2 Å². The predicted molar refractivity (Wildman–Crippen MR) is 96.1 cm³/mol. The molecule has 1 fully saturated rings. The minimum Gasteiger partial charge on any atom is -0.623 e. The third-order valence-corrected chi connectivity index (χ3v) is 5.30. The Morgan fingerprint density at radius 2 is 1.91 bits per heavy atom. The summed E-state index contributed by atoms with van der Waals surface area (Å²) in [6, 6.07) is 17.8. The summed E-state index contributed by atoms with van der Waals surface area (Å²) in [5.41, 5.74) is 1.86. The van der Waals surface area contributed by atoms with Gasteiger partial charge in [0.15, 0.2) is 6.17 Å². The lowest BCUT2D eigenvalue weighted by Gasteiger charge is -2.40. The lowest BCUT2D eigenvalue weighted by molar-refractivity contribution is 0.323. The van der Waals surface area contributed by atoms with Crippen LogP contribution in [-0.2, 0) is 0 Å². The summed E-state index contributed by atoms with van der Waals surface area (Å²) in [6.07, 6.45) is -0.261. The van der Waals surface area contributed by atoms with E-state index in [1.54, 1.807) is 0 Å². The number of para-hydroxylation sites is 2. The second-order valence-corrected chi connectivity index (χ2v) is 6.98. The maximum Gasteiger partial charge on any atom is 0.290 e. The predicted octanol–water partition coefficient (Wildman–Crippen LogP) is 3.44. The minimum absolute atomic E-state index is 0.261. The van der Waals surface area contributed by atoms with Crippen LogP contribution in [0.15, 0.2) is 54.6 Å². The van der Waals surface area contributed by atoms with E-state index in [0.717, 1.165) is 15.9 Å². The average Bonchev–Trinajstić information content (AvgIpc) is 3.11. The van der Waals surface area contributed by atoms with E-state index in [2.05, 4.69) is 15.2 Å². The molecular formula is C17H18N4OS. The van der Waals surface area contributed by atoms with E-state index in [4.69, 9.17) is 0 Å². The van der Waals surface area contributed by atoms with E-state index >= 15 is 0 Å². The first-order chi connectivity index (χ1) is 11.1. The highest BCUT2D eigenvalue weighted by atomic mass is 32.1. The molecule has 0 radical (unpaired) electrons. The lowest BCUT2D eigenvalue weighted by Crippen LogP contribution is -2.52. The van der Waals surface area contributed by atoms with Crippen LogP contribution in [0.25, 0.3) is 10.2 Å². The number of nitrogens with one attached hydrogen (secondary N) is 1. The minimum atomic E-state index is -0.454. The highest BCUT2D eigenvalue weighted by molar-refractivity contribution is 7.22. The largest absolute Gasteiger partial charge is 0.623 e. The number of benzene rings is 2. The van der Waals surface area contributed by atoms with Crippen LogP contribution in [-0.4, -0.2) is 36.3 Å². The Morgan fingerprint density at radius 3 is 2.70 bits per heavy atom. The van der Waals surface area contributed by atoms with Crippen LogP contribution in [0.5, 0.6) is 0 Å². The van der Waals surface area contributed by atoms with Gasteiger partial charge in [0.25, 0.3) is 5.13 Å². The standard InChI is InChI=1S/C17H18N4OS/c1-20-11-16(18-13-7-3-2-4-8-13)21(22,12-20)17-19-14-9-5-6-10-15(14)23-17/h2-10,16,18H,11-12H2,1H3. The molecule has 0 saturated carbocycles. The van der Waals surface area contributed by atoms with Crippen molar-refractivity contribution in [1.29, 1.82) is 0 Å². The van der Waals surface area contributed by atoms with Crippen LogP contribution in [0.2, 0.25) is 0 Å². The zero-order valence-corrected chi connectivity index (χ0v) is 13.7. The van der Waals surface area contributed by atoms with Crippen LogP contribution in [0.3, 0.4) is 0 Å². The first-order valence-corrected chi connectivity index (χ1v) is 8.42. The molecule has 2 unspecified atom stereocenters. The van der Waals surface area contributed by atoms with Crippen molar-refractivity contribution < 1.29 is 0 Å². The SMILES string of the molecule is CN1CC(Nc2ccccc2)[N+]([O-])(c2nc3ccccc3s2)C1. The van der Waals surface area contributed by atoms with Gasteiger partial charge in [-0.3, -0.25) is 9.55 Å². The summed E-state index contributed by atoms with van der Waals surface area (Å²) in [5.74, 6) is 0. The third-order valence-electron chi connectivity index (χ3n) is 4.15. The maximum atomic E-state index is 13.6.